The van der Waals surface area contributed by atoms with E-state index in [0.29, 0.717) is 13.0 Å². The van der Waals surface area contributed by atoms with Gasteiger partial charge in [0.05, 0.1) is 17.9 Å². The Balaban J connectivity index is 2.28. The van der Waals surface area contributed by atoms with Gasteiger partial charge in [-0.05, 0) is 31.4 Å². The lowest BCUT2D eigenvalue weighted by molar-refractivity contribution is -0.134. The minimum absolute atomic E-state index is 0.102. The Morgan fingerprint density at radius 3 is 2.88 bits per heavy atom. The predicted molar refractivity (Wildman–Crippen MR) is 98.2 cm³/mol. The molecule has 5 nitrogen and oxygen atoms in total. The maximum atomic E-state index is 12.0. The summed E-state index contributed by atoms with van der Waals surface area (Å²) in [4.78, 5) is 24.3. The zero-order valence-electron chi connectivity index (χ0n) is 14.7. The molecule has 0 aromatic rings. The lowest BCUT2D eigenvalue weighted by Crippen LogP contribution is -2.32. The molecule has 0 spiro atoms. The number of carbonyl (C=O) groups excluding carboxylic acids is 1. The standard InChI is InChI=1S/C18H31NO4S/c1-2-3-4-7-16(20)10-8-15-9-11-17(21)19(15)12-5-6-13-24-14-18(22)23/h8,10,15-16,20H,2-7,9,11-14H2,1H3,(H,22,23)/b10-8+/t15-,16-/m0/s1. The van der Waals surface area contributed by atoms with E-state index in [2.05, 4.69) is 6.92 Å². The SMILES string of the molecule is CCCCC[C@H](O)/C=C/[C@H]1CCC(=O)N1CCCCSCC(=O)O. The van der Waals surface area contributed by atoms with E-state index in [0.717, 1.165) is 50.7 Å². The molecule has 1 amide bonds. The van der Waals surface area contributed by atoms with Crippen molar-refractivity contribution in [3.05, 3.63) is 12.2 Å². The van der Waals surface area contributed by atoms with Crippen molar-refractivity contribution in [1.29, 1.82) is 0 Å². The van der Waals surface area contributed by atoms with Gasteiger partial charge in [0.2, 0.25) is 5.91 Å². The van der Waals surface area contributed by atoms with E-state index in [-0.39, 0.29) is 17.7 Å². The molecule has 1 fully saturated rings. The second kappa shape index (κ2) is 12.4. The number of rotatable bonds is 13. The number of carboxylic acid groups (broad SMARTS) is 1. The number of hydrogen-bond donors (Lipinski definition) is 2. The van der Waals surface area contributed by atoms with Crippen LogP contribution >= 0.6 is 11.8 Å². The lowest BCUT2D eigenvalue weighted by Gasteiger charge is -2.22. The number of carboxylic acids is 1. The van der Waals surface area contributed by atoms with Gasteiger partial charge in [-0.3, -0.25) is 9.59 Å². The molecular weight excluding hydrogens is 326 g/mol. The molecule has 1 saturated heterocycles. The largest absolute Gasteiger partial charge is 0.481 e. The monoisotopic (exact) mass is 357 g/mol. The summed E-state index contributed by atoms with van der Waals surface area (Å²) in [5.74, 6) is 0.357. The summed E-state index contributed by atoms with van der Waals surface area (Å²) in [6.45, 7) is 2.86. The van der Waals surface area contributed by atoms with Crippen molar-refractivity contribution in [2.45, 2.75) is 70.4 Å². The summed E-state index contributed by atoms with van der Waals surface area (Å²) in [6.07, 6.45) is 10.7. The van der Waals surface area contributed by atoms with Crippen molar-refractivity contribution in [1.82, 2.24) is 4.90 Å². The molecule has 2 atom stereocenters. The Hall–Kier alpha value is -1.01. The van der Waals surface area contributed by atoms with Crippen molar-refractivity contribution in [2.75, 3.05) is 18.1 Å². The van der Waals surface area contributed by atoms with Crippen LogP contribution in [0.3, 0.4) is 0 Å². The van der Waals surface area contributed by atoms with E-state index in [1.165, 1.54) is 11.8 Å². The van der Waals surface area contributed by atoms with Crippen LogP contribution < -0.4 is 0 Å². The second-order valence-corrected chi connectivity index (χ2v) is 7.40. The summed E-state index contributed by atoms with van der Waals surface area (Å²) in [7, 11) is 0. The maximum absolute atomic E-state index is 12.0. The molecule has 138 valence electrons. The molecule has 0 unspecified atom stereocenters. The molecule has 0 bridgehead atoms. The van der Waals surface area contributed by atoms with Crippen molar-refractivity contribution >= 4 is 23.6 Å². The van der Waals surface area contributed by atoms with Gasteiger partial charge >= 0.3 is 5.97 Å². The van der Waals surface area contributed by atoms with Crippen molar-refractivity contribution in [3.63, 3.8) is 0 Å². The number of amides is 1. The van der Waals surface area contributed by atoms with Crippen LogP contribution in [0.25, 0.3) is 0 Å². The van der Waals surface area contributed by atoms with Gasteiger partial charge in [0, 0.05) is 13.0 Å². The van der Waals surface area contributed by atoms with Crippen LogP contribution in [0.2, 0.25) is 0 Å². The van der Waals surface area contributed by atoms with Crippen LogP contribution in [-0.4, -0.2) is 57.2 Å². The molecule has 0 saturated carbocycles. The fraction of sp³-hybridized carbons (Fsp3) is 0.778. The quantitative estimate of drug-likeness (QED) is 0.391. The summed E-state index contributed by atoms with van der Waals surface area (Å²) in [5.41, 5.74) is 0. The predicted octanol–water partition coefficient (Wildman–Crippen LogP) is 3.07. The van der Waals surface area contributed by atoms with Crippen molar-refractivity contribution in [2.24, 2.45) is 0 Å². The maximum Gasteiger partial charge on any atom is 0.313 e. The number of hydrogen-bond acceptors (Lipinski definition) is 4. The smallest absolute Gasteiger partial charge is 0.313 e. The third kappa shape index (κ3) is 8.73. The van der Waals surface area contributed by atoms with Crippen LogP contribution in [0.5, 0.6) is 0 Å². The van der Waals surface area contributed by atoms with Gasteiger partial charge in [-0.15, -0.1) is 0 Å². The highest BCUT2D eigenvalue weighted by Gasteiger charge is 2.28. The number of carbonyl (C=O) groups is 2. The molecule has 24 heavy (non-hydrogen) atoms. The van der Waals surface area contributed by atoms with Gasteiger partial charge in [0.15, 0.2) is 0 Å². The number of nitrogens with zero attached hydrogens (tertiary/aromatic N) is 1. The minimum atomic E-state index is -0.780. The number of aliphatic carboxylic acids is 1. The average molecular weight is 358 g/mol. The molecule has 1 aliphatic rings. The number of unbranched alkanes of at least 4 members (excludes halogenated alkanes) is 3. The van der Waals surface area contributed by atoms with Gasteiger partial charge in [-0.2, -0.15) is 11.8 Å². The second-order valence-electron chi connectivity index (χ2n) is 6.29. The lowest BCUT2D eigenvalue weighted by atomic mass is 10.1. The Morgan fingerprint density at radius 1 is 1.38 bits per heavy atom. The zero-order chi connectivity index (χ0) is 17.8. The molecule has 1 aliphatic heterocycles. The van der Waals surface area contributed by atoms with Crippen LogP contribution in [0.15, 0.2) is 12.2 Å². The molecule has 0 radical (unpaired) electrons. The third-order valence-electron chi connectivity index (χ3n) is 4.20. The van der Waals surface area contributed by atoms with E-state index in [9.17, 15) is 14.7 Å². The van der Waals surface area contributed by atoms with Gasteiger partial charge in [-0.25, -0.2) is 0 Å². The van der Waals surface area contributed by atoms with Crippen LogP contribution in [0, 0.1) is 0 Å². The van der Waals surface area contributed by atoms with E-state index < -0.39 is 12.1 Å². The Labute approximate surface area is 149 Å². The minimum Gasteiger partial charge on any atom is -0.481 e. The number of thioether (sulfide) groups is 1. The van der Waals surface area contributed by atoms with E-state index in [1.54, 1.807) is 0 Å². The molecule has 0 aromatic heterocycles. The Kier molecular flexibility index (Phi) is 10.8. The molecule has 0 aliphatic carbocycles. The first kappa shape index (κ1) is 21.0. The molecule has 2 N–H and O–H groups in total. The third-order valence-corrected chi connectivity index (χ3v) is 5.23. The molecular formula is C18H31NO4S. The number of aliphatic hydroxyl groups is 1. The fourth-order valence-electron chi connectivity index (χ4n) is 2.85. The average Bonchev–Trinajstić information content (AvgIpc) is 2.89. The first-order valence-electron chi connectivity index (χ1n) is 9.00. The summed E-state index contributed by atoms with van der Waals surface area (Å²) in [6, 6.07) is 0.102. The Morgan fingerprint density at radius 2 is 2.17 bits per heavy atom. The van der Waals surface area contributed by atoms with Crippen molar-refractivity contribution < 1.29 is 19.8 Å². The first-order valence-corrected chi connectivity index (χ1v) is 10.2. The molecule has 0 aromatic carbocycles. The fourth-order valence-corrected chi connectivity index (χ4v) is 3.58. The Bertz CT molecular complexity index is 414. The van der Waals surface area contributed by atoms with E-state index in [4.69, 9.17) is 5.11 Å². The molecule has 1 rings (SSSR count). The van der Waals surface area contributed by atoms with Gasteiger partial charge in [-0.1, -0.05) is 38.3 Å². The van der Waals surface area contributed by atoms with Crippen LogP contribution in [-0.2, 0) is 9.59 Å². The summed E-state index contributed by atoms with van der Waals surface area (Å²) < 4.78 is 0. The van der Waals surface area contributed by atoms with Crippen LogP contribution in [0.1, 0.15) is 58.3 Å². The van der Waals surface area contributed by atoms with Gasteiger partial charge in [0.25, 0.3) is 0 Å². The summed E-state index contributed by atoms with van der Waals surface area (Å²) >= 11 is 1.42. The van der Waals surface area contributed by atoms with E-state index >= 15 is 0 Å². The highest BCUT2D eigenvalue weighted by Crippen LogP contribution is 2.21. The first-order chi connectivity index (χ1) is 11.5. The molecule has 1 heterocycles. The van der Waals surface area contributed by atoms with Crippen molar-refractivity contribution in [3.8, 4) is 0 Å². The summed E-state index contributed by atoms with van der Waals surface area (Å²) in [5, 5.41) is 18.5. The normalized spacial score (nSPS) is 19.3. The van der Waals surface area contributed by atoms with Gasteiger partial charge in [0.1, 0.15) is 0 Å². The number of aliphatic hydroxyl groups excluding tert-OH is 1. The van der Waals surface area contributed by atoms with E-state index in [1.807, 2.05) is 17.1 Å². The highest BCUT2D eigenvalue weighted by atomic mass is 32.2. The van der Waals surface area contributed by atoms with Crippen LogP contribution in [0.4, 0.5) is 0 Å². The topological polar surface area (TPSA) is 77.8 Å². The van der Waals surface area contributed by atoms with Gasteiger partial charge < -0.3 is 15.1 Å². The zero-order valence-corrected chi connectivity index (χ0v) is 15.5. The number of likely N-dealkylation sites (tertiary alicyclic amines) is 1. The highest BCUT2D eigenvalue weighted by molar-refractivity contribution is 7.99. The molecule has 6 heteroatoms.